The number of benzene rings is 1. The van der Waals surface area contributed by atoms with Gasteiger partial charge in [0.05, 0.1) is 6.26 Å². The minimum absolute atomic E-state index is 0.0842. The summed E-state index contributed by atoms with van der Waals surface area (Å²) in [5.74, 6) is -0.389. The number of nitrogens with one attached hydrogen (secondary N) is 1. The molecule has 1 aromatic carbocycles. The Morgan fingerprint density at radius 1 is 1.20 bits per heavy atom. The maximum Gasteiger partial charge on any atom is 0.280 e. The molecule has 30 heavy (non-hydrogen) atoms. The lowest BCUT2D eigenvalue weighted by molar-refractivity contribution is -0.123. The molecule has 1 fully saturated rings. The minimum atomic E-state index is -1.01. The van der Waals surface area contributed by atoms with E-state index < -0.39 is 11.9 Å². The first-order valence-corrected chi connectivity index (χ1v) is 11.0. The Bertz CT molecular complexity index is 988. The van der Waals surface area contributed by atoms with E-state index in [1.54, 1.807) is 41.8 Å². The van der Waals surface area contributed by atoms with Gasteiger partial charge in [-0.2, -0.15) is 0 Å². The molecule has 7 nitrogen and oxygen atoms in total. The summed E-state index contributed by atoms with van der Waals surface area (Å²) < 4.78 is 9.38. The second-order valence-electron chi connectivity index (χ2n) is 7.21. The molecule has 1 N–H and O–H groups in total. The molecule has 1 aliphatic carbocycles. The van der Waals surface area contributed by atoms with Crippen molar-refractivity contribution in [2.45, 2.75) is 44.2 Å². The van der Waals surface area contributed by atoms with E-state index in [1.165, 1.54) is 17.6 Å². The molecule has 2 amide bonds. The Kier molecular flexibility index (Phi) is 6.44. The maximum atomic E-state index is 13.5. The molecule has 0 radical (unpaired) electrons. The third kappa shape index (κ3) is 4.55. The van der Waals surface area contributed by atoms with Crippen LogP contribution in [0.2, 0.25) is 5.02 Å². The Morgan fingerprint density at radius 3 is 2.70 bits per heavy atom. The number of aromatic nitrogens is 2. The summed E-state index contributed by atoms with van der Waals surface area (Å²) in [6.45, 7) is 0. The molecule has 3 aromatic rings. The van der Waals surface area contributed by atoms with Crippen molar-refractivity contribution in [3.63, 3.8) is 0 Å². The second kappa shape index (κ2) is 9.40. The van der Waals surface area contributed by atoms with Gasteiger partial charge in [-0.05, 0) is 54.7 Å². The van der Waals surface area contributed by atoms with Crippen LogP contribution in [0.15, 0.2) is 52.5 Å². The minimum Gasteiger partial charge on any atom is -0.467 e. The predicted molar refractivity (Wildman–Crippen MR) is 115 cm³/mol. The van der Waals surface area contributed by atoms with E-state index in [-0.39, 0.29) is 17.6 Å². The summed E-state index contributed by atoms with van der Waals surface area (Å²) in [7, 11) is 0. The molecule has 2 aromatic heterocycles. The molecule has 0 saturated heterocycles. The first kappa shape index (κ1) is 20.6. The zero-order valence-electron chi connectivity index (χ0n) is 16.2. The number of halogens is 1. The van der Waals surface area contributed by atoms with Gasteiger partial charge in [0.25, 0.3) is 11.8 Å². The number of nitrogens with zero attached hydrogens (tertiary/aromatic N) is 3. The molecule has 0 bridgehead atoms. The lowest BCUT2D eigenvalue weighted by atomic mass is 9.95. The van der Waals surface area contributed by atoms with E-state index in [2.05, 4.69) is 14.9 Å². The zero-order chi connectivity index (χ0) is 20.9. The van der Waals surface area contributed by atoms with Crippen LogP contribution >= 0.6 is 23.1 Å². The molecule has 2 heterocycles. The third-order valence-electron chi connectivity index (χ3n) is 5.16. The van der Waals surface area contributed by atoms with Crippen LogP contribution < -0.4 is 10.2 Å². The lowest BCUT2D eigenvalue weighted by Gasteiger charge is -2.31. The van der Waals surface area contributed by atoms with Crippen molar-refractivity contribution in [2.75, 3.05) is 4.90 Å². The Balaban J connectivity index is 1.74. The first-order valence-electron chi connectivity index (χ1n) is 9.83. The van der Waals surface area contributed by atoms with E-state index in [1.807, 2.05) is 0 Å². The highest BCUT2D eigenvalue weighted by Gasteiger charge is 2.37. The molecule has 1 saturated carbocycles. The van der Waals surface area contributed by atoms with E-state index in [0.29, 0.717) is 16.5 Å². The van der Waals surface area contributed by atoms with E-state index in [4.69, 9.17) is 16.0 Å². The zero-order valence-corrected chi connectivity index (χ0v) is 17.7. The van der Waals surface area contributed by atoms with Crippen molar-refractivity contribution in [3.8, 4) is 0 Å². The van der Waals surface area contributed by atoms with Gasteiger partial charge >= 0.3 is 0 Å². The van der Waals surface area contributed by atoms with Crippen LogP contribution in [0.4, 0.5) is 5.69 Å². The summed E-state index contributed by atoms with van der Waals surface area (Å²) in [4.78, 5) is 28.2. The molecule has 0 aliphatic heterocycles. The van der Waals surface area contributed by atoms with Crippen molar-refractivity contribution in [1.82, 2.24) is 14.9 Å². The highest BCUT2D eigenvalue weighted by molar-refractivity contribution is 7.03. The van der Waals surface area contributed by atoms with Gasteiger partial charge in [-0.25, -0.2) is 0 Å². The SMILES string of the molecule is O=C(NC1CCCCC1)[C@@H](c1ccco1)N(C(=O)c1csnn1)c1cccc(Cl)c1. The third-order valence-corrected chi connectivity index (χ3v) is 5.89. The van der Waals surface area contributed by atoms with E-state index in [9.17, 15) is 9.59 Å². The highest BCUT2D eigenvalue weighted by atomic mass is 35.5. The summed E-state index contributed by atoms with van der Waals surface area (Å²) in [5, 5.41) is 9.02. The van der Waals surface area contributed by atoms with Gasteiger partial charge in [0.1, 0.15) is 5.76 Å². The van der Waals surface area contributed by atoms with Crippen LogP contribution in [-0.4, -0.2) is 27.4 Å². The van der Waals surface area contributed by atoms with Crippen molar-refractivity contribution in [2.24, 2.45) is 0 Å². The number of hydrogen-bond donors (Lipinski definition) is 1. The Morgan fingerprint density at radius 2 is 2.03 bits per heavy atom. The summed E-state index contributed by atoms with van der Waals surface area (Å²) >= 11 is 7.27. The van der Waals surface area contributed by atoms with Gasteiger partial charge in [0.2, 0.25) is 0 Å². The summed E-state index contributed by atoms with van der Waals surface area (Å²) in [5.41, 5.74) is 0.627. The van der Waals surface area contributed by atoms with Gasteiger partial charge in [0.15, 0.2) is 11.7 Å². The molecular formula is C21H21ClN4O3S. The van der Waals surface area contributed by atoms with Crippen molar-refractivity contribution < 1.29 is 14.0 Å². The number of amides is 2. The number of furan rings is 1. The fourth-order valence-electron chi connectivity index (χ4n) is 3.74. The first-order chi connectivity index (χ1) is 14.6. The molecule has 4 rings (SSSR count). The van der Waals surface area contributed by atoms with E-state index >= 15 is 0 Å². The van der Waals surface area contributed by atoms with Crippen molar-refractivity contribution in [3.05, 3.63) is 64.5 Å². The van der Waals surface area contributed by atoms with Crippen LogP contribution in [-0.2, 0) is 4.79 Å². The van der Waals surface area contributed by atoms with Gasteiger partial charge in [-0.1, -0.05) is 41.4 Å². The van der Waals surface area contributed by atoms with Gasteiger partial charge < -0.3 is 9.73 Å². The smallest absolute Gasteiger partial charge is 0.280 e. The number of rotatable bonds is 6. The lowest BCUT2D eigenvalue weighted by Crippen LogP contribution is -2.47. The van der Waals surface area contributed by atoms with Gasteiger partial charge in [-0.3, -0.25) is 14.5 Å². The second-order valence-corrected chi connectivity index (χ2v) is 8.25. The van der Waals surface area contributed by atoms with Crippen LogP contribution in [0.3, 0.4) is 0 Å². The summed E-state index contributed by atoms with van der Waals surface area (Å²) in [6, 6.07) is 9.28. The van der Waals surface area contributed by atoms with Crippen LogP contribution in [0.25, 0.3) is 0 Å². The van der Waals surface area contributed by atoms with E-state index in [0.717, 1.165) is 37.2 Å². The Hall–Kier alpha value is -2.71. The van der Waals surface area contributed by atoms with Crippen molar-refractivity contribution >= 4 is 40.6 Å². The maximum absolute atomic E-state index is 13.5. The molecular weight excluding hydrogens is 424 g/mol. The van der Waals surface area contributed by atoms with Gasteiger partial charge in [0, 0.05) is 22.1 Å². The standard InChI is InChI=1S/C21H21ClN4O3S/c22-14-6-4-9-16(12-14)26(21(28)17-13-30-25-24-17)19(18-10-5-11-29-18)20(27)23-15-7-2-1-3-8-15/h4-6,9-13,15,19H,1-3,7-8H2,(H,23,27)/t19-/m1/s1. The number of carbonyl (C=O) groups is 2. The highest BCUT2D eigenvalue weighted by Crippen LogP contribution is 2.32. The average Bonchev–Trinajstić information content (AvgIpc) is 3.46. The topological polar surface area (TPSA) is 88.3 Å². The average molecular weight is 445 g/mol. The van der Waals surface area contributed by atoms with Crippen LogP contribution in [0.5, 0.6) is 0 Å². The molecule has 0 spiro atoms. The molecule has 1 aliphatic rings. The quantitative estimate of drug-likeness (QED) is 0.599. The molecule has 9 heteroatoms. The van der Waals surface area contributed by atoms with Crippen LogP contribution in [0, 0.1) is 0 Å². The number of hydrogen-bond acceptors (Lipinski definition) is 6. The molecule has 1 atom stereocenters. The molecule has 156 valence electrons. The fraction of sp³-hybridized carbons (Fsp3) is 0.333. The number of anilines is 1. The Labute approximate surface area is 183 Å². The normalized spacial score (nSPS) is 15.5. The largest absolute Gasteiger partial charge is 0.467 e. The summed E-state index contributed by atoms with van der Waals surface area (Å²) in [6.07, 6.45) is 6.68. The van der Waals surface area contributed by atoms with Crippen molar-refractivity contribution in [1.29, 1.82) is 0 Å². The van der Waals surface area contributed by atoms with Crippen LogP contribution in [0.1, 0.15) is 54.4 Å². The number of carbonyl (C=O) groups excluding carboxylic acids is 2. The molecule has 0 unspecified atom stereocenters. The predicted octanol–water partition coefficient (Wildman–Crippen LogP) is 4.62. The van der Waals surface area contributed by atoms with Gasteiger partial charge in [-0.15, -0.1) is 5.10 Å². The monoisotopic (exact) mass is 444 g/mol. The fourth-order valence-corrected chi connectivity index (χ4v) is 4.35.